The lowest BCUT2D eigenvalue weighted by atomic mass is 10.1. The van der Waals surface area contributed by atoms with E-state index in [4.69, 9.17) is 9.15 Å². The summed E-state index contributed by atoms with van der Waals surface area (Å²) in [7, 11) is 1.62. The minimum atomic E-state index is -0.171. The van der Waals surface area contributed by atoms with Gasteiger partial charge in [-0.05, 0) is 31.2 Å². The third-order valence-electron chi connectivity index (χ3n) is 3.92. The standard InChI is InChI=1S/C20H18BrNO3/c1-13-17(11-19(25-13)14-7-9-16(21)10-8-14)20(23)22-12-15-5-3-4-6-18(15)24-2/h3-11H,12H2,1-2H3,(H,22,23). The maximum Gasteiger partial charge on any atom is 0.255 e. The number of ether oxygens (including phenoxy) is 1. The molecule has 1 amide bonds. The molecule has 0 atom stereocenters. The van der Waals surface area contributed by atoms with E-state index < -0.39 is 0 Å². The van der Waals surface area contributed by atoms with Crippen molar-refractivity contribution in [2.75, 3.05) is 7.11 Å². The van der Waals surface area contributed by atoms with E-state index in [0.717, 1.165) is 21.3 Å². The lowest BCUT2D eigenvalue weighted by Gasteiger charge is -2.09. The zero-order chi connectivity index (χ0) is 17.8. The van der Waals surface area contributed by atoms with Crippen LogP contribution >= 0.6 is 15.9 Å². The number of amides is 1. The number of furan rings is 1. The van der Waals surface area contributed by atoms with Gasteiger partial charge >= 0.3 is 0 Å². The molecule has 5 heteroatoms. The Morgan fingerprint density at radius 2 is 1.88 bits per heavy atom. The van der Waals surface area contributed by atoms with E-state index in [1.54, 1.807) is 20.1 Å². The van der Waals surface area contributed by atoms with E-state index in [9.17, 15) is 4.79 Å². The molecule has 0 saturated heterocycles. The molecule has 0 aliphatic carbocycles. The summed E-state index contributed by atoms with van der Waals surface area (Å²) in [6.45, 7) is 2.18. The van der Waals surface area contributed by atoms with Gasteiger partial charge in [-0.2, -0.15) is 0 Å². The highest BCUT2D eigenvalue weighted by molar-refractivity contribution is 9.10. The third kappa shape index (κ3) is 3.94. The minimum Gasteiger partial charge on any atom is -0.496 e. The van der Waals surface area contributed by atoms with E-state index in [-0.39, 0.29) is 5.91 Å². The second-order valence-corrected chi connectivity index (χ2v) is 6.50. The molecule has 25 heavy (non-hydrogen) atoms. The van der Waals surface area contributed by atoms with E-state index in [0.29, 0.717) is 23.6 Å². The first kappa shape index (κ1) is 17.3. The van der Waals surface area contributed by atoms with Crippen molar-refractivity contribution in [3.05, 3.63) is 76.0 Å². The van der Waals surface area contributed by atoms with Gasteiger partial charge in [0.1, 0.15) is 17.3 Å². The van der Waals surface area contributed by atoms with Crippen molar-refractivity contribution in [3.63, 3.8) is 0 Å². The molecule has 2 aromatic carbocycles. The van der Waals surface area contributed by atoms with Crippen LogP contribution in [0.3, 0.4) is 0 Å². The number of aryl methyl sites for hydroxylation is 1. The zero-order valence-corrected chi connectivity index (χ0v) is 15.6. The Kier molecular flexibility index (Phi) is 5.24. The highest BCUT2D eigenvalue weighted by atomic mass is 79.9. The minimum absolute atomic E-state index is 0.171. The number of carbonyl (C=O) groups is 1. The monoisotopic (exact) mass is 399 g/mol. The molecule has 3 aromatic rings. The number of rotatable bonds is 5. The summed E-state index contributed by atoms with van der Waals surface area (Å²) in [6, 6.07) is 17.1. The summed E-state index contributed by atoms with van der Waals surface area (Å²) >= 11 is 3.41. The van der Waals surface area contributed by atoms with Crippen molar-refractivity contribution in [3.8, 4) is 17.1 Å². The summed E-state index contributed by atoms with van der Waals surface area (Å²) in [4.78, 5) is 12.5. The first-order chi connectivity index (χ1) is 12.1. The maximum atomic E-state index is 12.5. The van der Waals surface area contributed by atoms with E-state index in [1.165, 1.54) is 0 Å². The lowest BCUT2D eigenvalue weighted by molar-refractivity contribution is 0.0949. The van der Waals surface area contributed by atoms with Gasteiger partial charge in [0.2, 0.25) is 0 Å². The summed E-state index contributed by atoms with van der Waals surface area (Å²) in [6.07, 6.45) is 0. The van der Waals surface area contributed by atoms with E-state index >= 15 is 0 Å². The number of para-hydroxylation sites is 1. The molecular weight excluding hydrogens is 382 g/mol. The molecule has 0 aliphatic heterocycles. The van der Waals surface area contributed by atoms with Crippen LogP contribution in [0.15, 0.2) is 63.5 Å². The number of hydrogen-bond donors (Lipinski definition) is 1. The molecule has 1 N–H and O–H groups in total. The van der Waals surface area contributed by atoms with Gasteiger partial charge in [0, 0.05) is 22.1 Å². The van der Waals surface area contributed by atoms with Crippen LogP contribution in [-0.4, -0.2) is 13.0 Å². The molecule has 3 rings (SSSR count). The topological polar surface area (TPSA) is 51.5 Å². The summed E-state index contributed by atoms with van der Waals surface area (Å²) in [5.41, 5.74) is 2.38. The normalized spacial score (nSPS) is 10.5. The summed E-state index contributed by atoms with van der Waals surface area (Å²) in [5.74, 6) is 1.85. The molecule has 0 radical (unpaired) electrons. The summed E-state index contributed by atoms with van der Waals surface area (Å²) in [5, 5.41) is 2.92. The van der Waals surface area contributed by atoms with Crippen molar-refractivity contribution in [2.24, 2.45) is 0 Å². The van der Waals surface area contributed by atoms with Gasteiger partial charge in [0.05, 0.1) is 12.7 Å². The molecule has 0 saturated carbocycles. The number of hydrogen-bond acceptors (Lipinski definition) is 3. The Morgan fingerprint density at radius 3 is 2.60 bits per heavy atom. The van der Waals surface area contributed by atoms with Crippen molar-refractivity contribution >= 4 is 21.8 Å². The highest BCUT2D eigenvalue weighted by Crippen LogP contribution is 2.27. The average Bonchev–Trinajstić information content (AvgIpc) is 3.02. The van der Waals surface area contributed by atoms with Crippen LogP contribution in [0.5, 0.6) is 5.75 Å². The fourth-order valence-corrected chi connectivity index (χ4v) is 2.85. The molecule has 1 heterocycles. The first-order valence-corrected chi connectivity index (χ1v) is 8.64. The first-order valence-electron chi connectivity index (χ1n) is 7.85. The van der Waals surface area contributed by atoms with Crippen LogP contribution in [0.1, 0.15) is 21.7 Å². The van der Waals surface area contributed by atoms with Crippen LogP contribution in [0.4, 0.5) is 0 Å². The largest absolute Gasteiger partial charge is 0.496 e. The van der Waals surface area contributed by atoms with Gasteiger partial charge in [0.15, 0.2) is 0 Å². The summed E-state index contributed by atoms with van der Waals surface area (Å²) < 4.78 is 12.1. The molecule has 1 aromatic heterocycles. The number of methoxy groups -OCH3 is 1. The Bertz CT molecular complexity index is 884. The van der Waals surface area contributed by atoms with Crippen molar-refractivity contribution in [2.45, 2.75) is 13.5 Å². The number of carbonyl (C=O) groups excluding carboxylic acids is 1. The molecule has 0 spiro atoms. The highest BCUT2D eigenvalue weighted by Gasteiger charge is 2.16. The average molecular weight is 400 g/mol. The molecule has 0 fully saturated rings. The molecule has 4 nitrogen and oxygen atoms in total. The van der Waals surface area contributed by atoms with E-state index in [1.807, 2.05) is 48.5 Å². The van der Waals surface area contributed by atoms with Crippen molar-refractivity contribution in [1.29, 1.82) is 0 Å². The number of halogens is 1. The third-order valence-corrected chi connectivity index (χ3v) is 4.45. The fourth-order valence-electron chi connectivity index (χ4n) is 2.58. The predicted octanol–water partition coefficient (Wildman–Crippen LogP) is 4.96. The van der Waals surface area contributed by atoms with E-state index in [2.05, 4.69) is 21.2 Å². The van der Waals surface area contributed by atoms with Gasteiger partial charge in [-0.25, -0.2) is 0 Å². The van der Waals surface area contributed by atoms with Crippen LogP contribution in [0.25, 0.3) is 11.3 Å². The molecule has 0 aliphatic rings. The second-order valence-electron chi connectivity index (χ2n) is 5.58. The molecular formula is C20H18BrNO3. The van der Waals surface area contributed by atoms with Gasteiger partial charge in [0.25, 0.3) is 5.91 Å². The fraction of sp³-hybridized carbons (Fsp3) is 0.150. The van der Waals surface area contributed by atoms with Crippen LogP contribution in [-0.2, 0) is 6.54 Å². The second kappa shape index (κ2) is 7.57. The predicted molar refractivity (Wildman–Crippen MR) is 101 cm³/mol. The number of benzene rings is 2. The van der Waals surface area contributed by atoms with Gasteiger partial charge < -0.3 is 14.5 Å². The van der Waals surface area contributed by atoms with Crippen LogP contribution in [0.2, 0.25) is 0 Å². The Balaban J connectivity index is 1.75. The molecule has 0 unspecified atom stereocenters. The van der Waals surface area contributed by atoms with Crippen molar-refractivity contribution < 1.29 is 13.9 Å². The Labute approximate surface area is 154 Å². The maximum absolute atomic E-state index is 12.5. The SMILES string of the molecule is COc1ccccc1CNC(=O)c1cc(-c2ccc(Br)cc2)oc1C. The molecule has 128 valence electrons. The van der Waals surface area contributed by atoms with Crippen LogP contribution < -0.4 is 10.1 Å². The Morgan fingerprint density at radius 1 is 1.16 bits per heavy atom. The van der Waals surface area contributed by atoms with Gasteiger partial charge in [-0.3, -0.25) is 4.79 Å². The van der Waals surface area contributed by atoms with Crippen molar-refractivity contribution in [1.82, 2.24) is 5.32 Å². The van der Waals surface area contributed by atoms with Gasteiger partial charge in [-0.1, -0.05) is 46.3 Å². The quantitative estimate of drug-likeness (QED) is 0.659. The smallest absolute Gasteiger partial charge is 0.255 e. The lowest BCUT2D eigenvalue weighted by Crippen LogP contribution is -2.23. The Hall–Kier alpha value is -2.53. The zero-order valence-electron chi connectivity index (χ0n) is 14.0. The van der Waals surface area contributed by atoms with Gasteiger partial charge in [-0.15, -0.1) is 0 Å². The molecule has 0 bridgehead atoms. The number of nitrogens with one attached hydrogen (secondary N) is 1. The van der Waals surface area contributed by atoms with Crippen LogP contribution in [0, 0.1) is 6.92 Å².